The van der Waals surface area contributed by atoms with Gasteiger partial charge in [0.05, 0.1) is 5.69 Å². The third kappa shape index (κ3) is 4.63. The first-order chi connectivity index (χ1) is 14.1. The van der Waals surface area contributed by atoms with Crippen LogP contribution < -0.4 is 10.1 Å². The van der Waals surface area contributed by atoms with Crippen LogP contribution in [-0.2, 0) is 11.2 Å². The van der Waals surface area contributed by atoms with Gasteiger partial charge >= 0.3 is 0 Å². The van der Waals surface area contributed by atoms with Gasteiger partial charge in [0, 0.05) is 10.2 Å². The predicted octanol–water partition coefficient (Wildman–Crippen LogP) is 4.76. The minimum Gasteiger partial charge on any atom is -0.484 e. The maximum absolute atomic E-state index is 12.2. The molecule has 29 heavy (non-hydrogen) atoms. The number of carbonyl (C=O) groups is 1. The van der Waals surface area contributed by atoms with Crippen molar-refractivity contribution in [2.24, 2.45) is 0 Å². The van der Waals surface area contributed by atoms with Crippen molar-refractivity contribution in [3.63, 3.8) is 0 Å². The van der Waals surface area contributed by atoms with Crippen molar-refractivity contribution in [2.45, 2.75) is 13.3 Å². The molecule has 0 unspecified atom stereocenters. The van der Waals surface area contributed by atoms with Crippen molar-refractivity contribution in [1.29, 1.82) is 0 Å². The Bertz CT molecular complexity index is 1140. The Morgan fingerprint density at radius 1 is 1.00 bits per heavy atom. The van der Waals surface area contributed by atoms with Crippen molar-refractivity contribution in [2.75, 3.05) is 11.9 Å². The summed E-state index contributed by atoms with van der Waals surface area (Å²) in [6.45, 7) is 2.05. The summed E-state index contributed by atoms with van der Waals surface area (Å²) in [6.07, 6.45) is 0.989. The fourth-order valence-corrected chi connectivity index (χ4v) is 3.11. The van der Waals surface area contributed by atoms with Crippen LogP contribution in [0.4, 0.5) is 5.69 Å². The smallest absolute Gasteiger partial charge is 0.262 e. The lowest BCUT2D eigenvalue weighted by atomic mass is 10.2. The fraction of sp³-hybridized carbons (Fsp3) is 0.136. The Morgan fingerprint density at radius 3 is 2.45 bits per heavy atom. The number of nitrogens with one attached hydrogen (secondary N) is 1. The quantitative estimate of drug-likeness (QED) is 0.459. The van der Waals surface area contributed by atoms with E-state index in [1.807, 2.05) is 30.3 Å². The van der Waals surface area contributed by atoms with Gasteiger partial charge in [-0.05, 0) is 66.6 Å². The van der Waals surface area contributed by atoms with E-state index in [4.69, 9.17) is 4.74 Å². The van der Waals surface area contributed by atoms with Gasteiger partial charge < -0.3 is 10.1 Å². The first-order valence-electron chi connectivity index (χ1n) is 9.25. The second-order valence-corrected chi connectivity index (χ2v) is 7.42. The minimum atomic E-state index is -0.241. The number of halogens is 1. The zero-order valence-electron chi connectivity index (χ0n) is 15.8. The first-order valence-corrected chi connectivity index (χ1v) is 10.0. The molecule has 146 valence electrons. The number of nitrogens with zero attached hydrogens (tertiary/aromatic N) is 3. The zero-order chi connectivity index (χ0) is 20.2. The standard InChI is InChI=1S/C22H19BrN4O2/c1-2-15-3-8-18(9-4-15)27-25-20-12-7-17(13-21(20)26-27)24-22(28)14-29-19-10-5-16(23)6-11-19/h3-13H,2,14H2,1H3,(H,24,28). The summed E-state index contributed by atoms with van der Waals surface area (Å²) in [7, 11) is 0. The van der Waals surface area contributed by atoms with Crippen LogP contribution in [0.2, 0.25) is 0 Å². The average Bonchev–Trinajstić information content (AvgIpc) is 3.17. The number of amides is 1. The van der Waals surface area contributed by atoms with Gasteiger partial charge in [0.15, 0.2) is 6.61 Å². The Balaban J connectivity index is 1.44. The van der Waals surface area contributed by atoms with Crippen LogP contribution in [-0.4, -0.2) is 27.5 Å². The van der Waals surface area contributed by atoms with Crippen LogP contribution in [0.1, 0.15) is 12.5 Å². The lowest BCUT2D eigenvalue weighted by molar-refractivity contribution is -0.118. The number of hydrogen-bond donors (Lipinski definition) is 1. The van der Waals surface area contributed by atoms with Gasteiger partial charge in [-0.15, -0.1) is 10.2 Å². The van der Waals surface area contributed by atoms with Gasteiger partial charge in [0.2, 0.25) is 0 Å². The van der Waals surface area contributed by atoms with Crippen LogP contribution in [0, 0.1) is 0 Å². The molecule has 0 saturated carbocycles. The monoisotopic (exact) mass is 450 g/mol. The molecule has 7 heteroatoms. The highest BCUT2D eigenvalue weighted by Crippen LogP contribution is 2.19. The second-order valence-electron chi connectivity index (χ2n) is 6.50. The van der Waals surface area contributed by atoms with Gasteiger partial charge in [0.1, 0.15) is 16.8 Å². The molecule has 4 rings (SSSR count). The number of ether oxygens (including phenoxy) is 1. The van der Waals surface area contributed by atoms with Gasteiger partial charge in [-0.2, -0.15) is 4.80 Å². The number of rotatable bonds is 6. The molecule has 1 amide bonds. The number of anilines is 1. The van der Waals surface area contributed by atoms with Crippen molar-refractivity contribution >= 4 is 38.6 Å². The number of fused-ring (bicyclic) bond motifs is 1. The van der Waals surface area contributed by atoms with Gasteiger partial charge in [-0.3, -0.25) is 4.79 Å². The molecule has 1 N–H and O–H groups in total. The van der Waals surface area contributed by atoms with E-state index in [-0.39, 0.29) is 12.5 Å². The summed E-state index contributed by atoms with van der Waals surface area (Å²) in [5.74, 6) is 0.394. The predicted molar refractivity (Wildman–Crippen MR) is 117 cm³/mol. The molecule has 0 aliphatic carbocycles. The Morgan fingerprint density at radius 2 is 1.72 bits per heavy atom. The molecular weight excluding hydrogens is 432 g/mol. The second kappa shape index (κ2) is 8.45. The van der Waals surface area contributed by atoms with Crippen LogP contribution in [0.5, 0.6) is 5.75 Å². The molecule has 0 spiro atoms. The maximum atomic E-state index is 12.2. The fourth-order valence-electron chi connectivity index (χ4n) is 2.85. The third-order valence-electron chi connectivity index (χ3n) is 4.42. The van der Waals surface area contributed by atoms with Crippen molar-refractivity contribution in [3.05, 3.63) is 76.8 Å². The van der Waals surface area contributed by atoms with E-state index in [2.05, 4.69) is 50.5 Å². The summed E-state index contributed by atoms with van der Waals surface area (Å²) in [4.78, 5) is 13.8. The molecule has 1 heterocycles. The summed E-state index contributed by atoms with van der Waals surface area (Å²) in [5, 5.41) is 11.9. The molecule has 0 fully saturated rings. The molecule has 0 saturated heterocycles. The minimum absolute atomic E-state index is 0.0733. The summed E-state index contributed by atoms with van der Waals surface area (Å²) < 4.78 is 6.45. The van der Waals surface area contributed by atoms with E-state index in [0.29, 0.717) is 17.0 Å². The van der Waals surface area contributed by atoms with Gasteiger partial charge in [0.25, 0.3) is 5.91 Å². The molecular formula is C22H19BrN4O2. The summed E-state index contributed by atoms with van der Waals surface area (Å²) in [6, 6.07) is 20.9. The van der Waals surface area contributed by atoms with Gasteiger partial charge in [-0.1, -0.05) is 35.0 Å². The van der Waals surface area contributed by atoms with E-state index >= 15 is 0 Å². The number of carbonyl (C=O) groups excluding carboxylic acids is 1. The summed E-state index contributed by atoms with van der Waals surface area (Å²) >= 11 is 3.36. The Hall–Kier alpha value is -3.19. The zero-order valence-corrected chi connectivity index (χ0v) is 17.4. The van der Waals surface area contributed by atoms with Crippen LogP contribution >= 0.6 is 15.9 Å². The SMILES string of the molecule is CCc1ccc(-n2nc3ccc(NC(=O)COc4ccc(Br)cc4)cc3n2)cc1. The number of aromatic nitrogens is 3. The van der Waals surface area contributed by atoms with Gasteiger partial charge in [-0.25, -0.2) is 0 Å². The Kier molecular flexibility index (Phi) is 5.57. The summed E-state index contributed by atoms with van der Waals surface area (Å²) in [5.41, 5.74) is 4.27. The molecule has 3 aromatic carbocycles. The first kappa shape index (κ1) is 19.1. The molecule has 0 atom stereocenters. The van der Waals surface area contributed by atoms with E-state index in [1.165, 1.54) is 5.56 Å². The highest BCUT2D eigenvalue weighted by molar-refractivity contribution is 9.10. The van der Waals surface area contributed by atoms with Crippen LogP contribution in [0.3, 0.4) is 0 Å². The normalized spacial score (nSPS) is 10.8. The average molecular weight is 451 g/mol. The van der Waals surface area contributed by atoms with Crippen LogP contribution in [0.25, 0.3) is 16.7 Å². The number of benzene rings is 3. The molecule has 1 aromatic heterocycles. The lowest BCUT2D eigenvalue weighted by Crippen LogP contribution is -2.20. The van der Waals surface area contributed by atoms with E-state index in [1.54, 1.807) is 29.1 Å². The highest BCUT2D eigenvalue weighted by atomic mass is 79.9. The molecule has 0 bridgehead atoms. The molecule has 4 aromatic rings. The Labute approximate surface area is 176 Å². The largest absolute Gasteiger partial charge is 0.484 e. The number of aryl methyl sites for hydroxylation is 1. The maximum Gasteiger partial charge on any atom is 0.262 e. The molecule has 0 radical (unpaired) electrons. The highest BCUT2D eigenvalue weighted by Gasteiger charge is 2.08. The van der Waals surface area contributed by atoms with Crippen LogP contribution in [0.15, 0.2) is 71.2 Å². The van der Waals surface area contributed by atoms with Crippen molar-refractivity contribution < 1.29 is 9.53 Å². The third-order valence-corrected chi connectivity index (χ3v) is 4.95. The molecule has 6 nitrogen and oxygen atoms in total. The van der Waals surface area contributed by atoms with E-state index < -0.39 is 0 Å². The van der Waals surface area contributed by atoms with Crippen molar-refractivity contribution in [3.8, 4) is 11.4 Å². The lowest BCUT2D eigenvalue weighted by Gasteiger charge is -2.07. The molecule has 0 aliphatic heterocycles. The topological polar surface area (TPSA) is 69.0 Å². The van der Waals surface area contributed by atoms with E-state index in [9.17, 15) is 4.79 Å². The molecule has 0 aliphatic rings. The van der Waals surface area contributed by atoms with E-state index in [0.717, 1.165) is 22.1 Å². The van der Waals surface area contributed by atoms with Crippen molar-refractivity contribution in [1.82, 2.24) is 15.0 Å². The number of hydrogen-bond acceptors (Lipinski definition) is 4.